The van der Waals surface area contributed by atoms with Gasteiger partial charge in [-0.25, -0.2) is 8.78 Å². The number of alkyl halides is 3. The molecule has 0 aliphatic heterocycles. The fourth-order valence-electron chi connectivity index (χ4n) is 1.17. The number of aliphatic hydroxyl groups excluding tert-OH is 1. The largest absolute Gasteiger partial charge is 0.397 e. The van der Waals surface area contributed by atoms with E-state index < -0.39 is 13.0 Å². The summed E-state index contributed by atoms with van der Waals surface area (Å²) in [7, 11) is 0. The molecule has 1 aromatic heterocycles. The minimum Gasteiger partial charge on any atom is -0.397 e. The summed E-state index contributed by atoms with van der Waals surface area (Å²) in [4.78, 5) is 3.76. The summed E-state index contributed by atoms with van der Waals surface area (Å²) >= 11 is 3.05. The minimum absolute atomic E-state index is 0.0597. The molecule has 0 saturated heterocycles. The van der Waals surface area contributed by atoms with Crippen molar-refractivity contribution < 1.29 is 13.9 Å². The lowest BCUT2D eigenvalue weighted by Crippen LogP contribution is -2.06. The van der Waals surface area contributed by atoms with Crippen molar-refractivity contribution in [2.45, 2.75) is 18.4 Å². The second-order valence-electron chi connectivity index (χ2n) is 2.64. The van der Waals surface area contributed by atoms with E-state index >= 15 is 0 Å². The molecule has 0 spiro atoms. The Hall–Kier alpha value is -0.750. The topological polar surface area (TPSA) is 59.1 Å². The molecule has 0 bridgehead atoms. The number of aliphatic hydroxyl groups is 1. The zero-order chi connectivity index (χ0) is 10.7. The first kappa shape index (κ1) is 11.3. The van der Waals surface area contributed by atoms with Crippen LogP contribution in [0.4, 0.5) is 14.5 Å². The Bertz CT molecular complexity index is 333. The van der Waals surface area contributed by atoms with Crippen LogP contribution in [-0.4, -0.2) is 10.1 Å². The van der Waals surface area contributed by atoms with E-state index in [1.807, 2.05) is 0 Å². The molecular weight excluding hydrogens is 258 g/mol. The molecule has 0 aromatic carbocycles. The van der Waals surface area contributed by atoms with Gasteiger partial charge in [-0.1, -0.05) is 15.9 Å². The second kappa shape index (κ2) is 4.65. The molecule has 1 heterocycles. The number of rotatable bonds is 3. The molecule has 3 nitrogen and oxygen atoms in total. The number of nitrogen functional groups attached to an aromatic ring is 1. The van der Waals surface area contributed by atoms with Crippen LogP contribution in [0, 0.1) is 0 Å². The molecule has 0 radical (unpaired) electrons. The Kier molecular flexibility index (Phi) is 3.77. The normalized spacial score (nSPS) is 10.9. The maximum absolute atomic E-state index is 12.6. The lowest BCUT2D eigenvalue weighted by molar-refractivity contribution is 0.146. The maximum Gasteiger partial charge on any atom is 0.266 e. The van der Waals surface area contributed by atoms with E-state index in [9.17, 15) is 8.78 Å². The first-order valence-electron chi connectivity index (χ1n) is 3.82. The molecule has 1 aromatic rings. The Morgan fingerprint density at radius 1 is 1.57 bits per heavy atom. The van der Waals surface area contributed by atoms with Gasteiger partial charge in [0.2, 0.25) is 0 Å². The van der Waals surface area contributed by atoms with E-state index in [-0.39, 0.29) is 27.8 Å². The average molecular weight is 267 g/mol. The monoisotopic (exact) mass is 266 g/mol. The van der Waals surface area contributed by atoms with E-state index in [0.29, 0.717) is 0 Å². The molecule has 0 aliphatic carbocycles. The van der Waals surface area contributed by atoms with Crippen molar-refractivity contribution in [1.82, 2.24) is 4.98 Å². The van der Waals surface area contributed by atoms with Crippen LogP contribution in [0.15, 0.2) is 6.20 Å². The van der Waals surface area contributed by atoms with Crippen molar-refractivity contribution in [2.24, 2.45) is 0 Å². The molecular formula is C8H9BrF2N2O. The summed E-state index contributed by atoms with van der Waals surface area (Å²) < 4.78 is 25.2. The first-order chi connectivity index (χ1) is 6.61. The van der Waals surface area contributed by atoms with Crippen LogP contribution >= 0.6 is 15.9 Å². The van der Waals surface area contributed by atoms with Gasteiger partial charge in [-0.2, -0.15) is 0 Å². The SMILES string of the molecule is Nc1cnc(CBr)c(C(F)F)c1CO. The summed E-state index contributed by atoms with van der Waals surface area (Å²) in [6, 6.07) is 0. The van der Waals surface area contributed by atoms with Gasteiger partial charge < -0.3 is 10.8 Å². The van der Waals surface area contributed by atoms with Crippen molar-refractivity contribution in [3.63, 3.8) is 0 Å². The zero-order valence-corrected chi connectivity index (χ0v) is 8.76. The highest BCUT2D eigenvalue weighted by Crippen LogP contribution is 2.30. The van der Waals surface area contributed by atoms with Crippen molar-refractivity contribution in [3.8, 4) is 0 Å². The summed E-state index contributed by atoms with van der Waals surface area (Å²) in [6.45, 7) is -0.506. The smallest absolute Gasteiger partial charge is 0.266 e. The van der Waals surface area contributed by atoms with Crippen LogP contribution in [0.1, 0.15) is 23.2 Å². The molecule has 0 fully saturated rings. The number of hydrogen-bond acceptors (Lipinski definition) is 3. The standard InChI is InChI=1S/C8H9BrF2N2O/c9-1-6-7(8(10)11)4(3-14)5(12)2-13-6/h2,8,14H,1,3,12H2. The van der Waals surface area contributed by atoms with Gasteiger partial charge in [-0.05, 0) is 0 Å². The van der Waals surface area contributed by atoms with Crippen LogP contribution in [0.3, 0.4) is 0 Å². The lowest BCUT2D eigenvalue weighted by atomic mass is 10.1. The number of nitrogens with zero attached hydrogens (tertiary/aromatic N) is 1. The Labute approximate surface area is 88.1 Å². The number of hydrogen-bond donors (Lipinski definition) is 2. The summed E-state index contributed by atoms with van der Waals surface area (Å²) in [6.07, 6.45) is -1.41. The molecule has 0 amide bonds. The lowest BCUT2D eigenvalue weighted by Gasteiger charge is -2.12. The maximum atomic E-state index is 12.6. The van der Waals surface area contributed by atoms with Gasteiger partial charge in [-0.3, -0.25) is 4.98 Å². The minimum atomic E-state index is -2.68. The molecule has 14 heavy (non-hydrogen) atoms. The van der Waals surface area contributed by atoms with E-state index in [1.54, 1.807) is 0 Å². The van der Waals surface area contributed by atoms with Gasteiger partial charge in [0.05, 0.1) is 24.2 Å². The fourth-order valence-corrected chi connectivity index (χ4v) is 1.61. The second-order valence-corrected chi connectivity index (χ2v) is 3.21. The Balaban J connectivity index is 3.36. The van der Waals surface area contributed by atoms with Crippen LogP contribution in [-0.2, 0) is 11.9 Å². The van der Waals surface area contributed by atoms with E-state index in [4.69, 9.17) is 10.8 Å². The summed E-state index contributed by atoms with van der Waals surface area (Å²) in [5.41, 5.74) is 5.51. The first-order valence-corrected chi connectivity index (χ1v) is 4.95. The molecule has 0 aliphatic rings. The number of anilines is 1. The highest BCUT2D eigenvalue weighted by Gasteiger charge is 2.20. The molecule has 3 N–H and O–H groups in total. The quantitative estimate of drug-likeness (QED) is 0.823. The third kappa shape index (κ3) is 2.01. The number of halogens is 3. The van der Waals surface area contributed by atoms with Crippen LogP contribution in [0.5, 0.6) is 0 Å². The third-order valence-electron chi connectivity index (χ3n) is 1.85. The predicted molar refractivity (Wildman–Crippen MR) is 52.2 cm³/mol. The van der Waals surface area contributed by atoms with Crippen molar-refractivity contribution >= 4 is 21.6 Å². The van der Waals surface area contributed by atoms with Gasteiger partial charge in [0.1, 0.15) is 0 Å². The molecule has 0 atom stereocenters. The van der Waals surface area contributed by atoms with Gasteiger partial charge >= 0.3 is 0 Å². The predicted octanol–water partition coefficient (Wildman–Crippen LogP) is 1.99. The van der Waals surface area contributed by atoms with Crippen LogP contribution in [0.2, 0.25) is 0 Å². The van der Waals surface area contributed by atoms with Crippen molar-refractivity contribution in [2.75, 3.05) is 5.73 Å². The molecule has 1 rings (SSSR count). The van der Waals surface area contributed by atoms with Crippen molar-refractivity contribution in [1.29, 1.82) is 0 Å². The van der Waals surface area contributed by atoms with E-state index in [1.165, 1.54) is 6.20 Å². The van der Waals surface area contributed by atoms with Gasteiger partial charge in [0.25, 0.3) is 6.43 Å². The van der Waals surface area contributed by atoms with Gasteiger partial charge in [-0.15, -0.1) is 0 Å². The molecule has 0 saturated carbocycles. The van der Waals surface area contributed by atoms with Gasteiger partial charge in [0, 0.05) is 16.5 Å². The Morgan fingerprint density at radius 3 is 2.64 bits per heavy atom. The van der Waals surface area contributed by atoms with Crippen molar-refractivity contribution in [3.05, 3.63) is 23.0 Å². The molecule has 78 valence electrons. The summed E-state index contributed by atoms with van der Waals surface area (Å²) in [5.74, 6) is 0. The summed E-state index contributed by atoms with van der Waals surface area (Å²) in [5, 5.41) is 9.12. The van der Waals surface area contributed by atoms with E-state index in [2.05, 4.69) is 20.9 Å². The number of aromatic nitrogens is 1. The number of nitrogens with two attached hydrogens (primary N) is 1. The number of pyridine rings is 1. The average Bonchev–Trinajstić information content (AvgIpc) is 2.17. The highest BCUT2D eigenvalue weighted by atomic mass is 79.9. The molecule has 6 heteroatoms. The van der Waals surface area contributed by atoms with Crippen LogP contribution < -0.4 is 5.73 Å². The van der Waals surface area contributed by atoms with E-state index in [0.717, 1.165) is 0 Å². The fraction of sp³-hybridized carbons (Fsp3) is 0.375. The third-order valence-corrected chi connectivity index (χ3v) is 2.38. The van der Waals surface area contributed by atoms with Crippen LogP contribution in [0.25, 0.3) is 0 Å². The highest BCUT2D eigenvalue weighted by molar-refractivity contribution is 9.08. The van der Waals surface area contributed by atoms with Gasteiger partial charge in [0.15, 0.2) is 0 Å². The Morgan fingerprint density at radius 2 is 2.21 bits per heavy atom. The zero-order valence-electron chi connectivity index (χ0n) is 7.17. The molecule has 0 unspecified atom stereocenters.